The number of pyridine rings is 1. The molecule has 1 aromatic carbocycles. The van der Waals surface area contributed by atoms with Gasteiger partial charge in [0.05, 0.1) is 7.11 Å². The largest absolute Gasteiger partial charge is 0.480 e. The van der Waals surface area contributed by atoms with Gasteiger partial charge in [-0.05, 0) is 59.0 Å². The average molecular weight is 354 g/mol. The number of carbonyl (C=O) groups is 1. The van der Waals surface area contributed by atoms with Crippen LogP contribution < -0.4 is 10.1 Å². The summed E-state index contributed by atoms with van der Waals surface area (Å²) in [6.07, 6.45) is 1.61. The Morgan fingerprint density at radius 3 is 2.67 bits per heavy atom. The first kappa shape index (κ1) is 12.8. The van der Waals surface area contributed by atoms with Crippen LogP contribution in [0.4, 0.5) is 5.69 Å². The zero-order chi connectivity index (χ0) is 13.0. The van der Waals surface area contributed by atoms with Crippen molar-refractivity contribution in [3.05, 3.63) is 51.7 Å². The molecule has 18 heavy (non-hydrogen) atoms. The van der Waals surface area contributed by atoms with Crippen LogP contribution in [0.25, 0.3) is 0 Å². The number of halogens is 1. The molecule has 5 heteroatoms. The highest BCUT2D eigenvalue weighted by atomic mass is 127. The van der Waals surface area contributed by atoms with Crippen LogP contribution in [0.3, 0.4) is 0 Å². The minimum Gasteiger partial charge on any atom is -0.480 e. The highest BCUT2D eigenvalue weighted by Gasteiger charge is 2.09. The summed E-state index contributed by atoms with van der Waals surface area (Å²) in [6.45, 7) is 0. The number of amides is 1. The zero-order valence-electron chi connectivity index (χ0n) is 9.68. The molecule has 0 spiro atoms. The van der Waals surface area contributed by atoms with Crippen molar-refractivity contribution in [2.75, 3.05) is 12.4 Å². The average Bonchev–Trinajstić information content (AvgIpc) is 2.40. The summed E-state index contributed by atoms with van der Waals surface area (Å²) in [7, 11) is 1.52. The molecule has 1 heterocycles. The van der Waals surface area contributed by atoms with Gasteiger partial charge >= 0.3 is 0 Å². The van der Waals surface area contributed by atoms with Crippen molar-refractivity contribution in [2.24, 2.45) is 0 Å². The first-order chi connectivity index (χ1) is 8.70. The molecule has 4 nitrogen and oxygen atoms in total. The van der Waals surface area contributed by atoms with Crippen molar-refractivity contribution in [1.29, 1.82) is 0 Å². The summed E-state index contributed by atoms with van der Waals surface area (Å²) in [6, 6.07) is 10.8. The molecular weight excluding hydrogens is 343 g/mol. The topological polar surface area (TPSA) is 51.2 Å². The Labute approximate surface area is 119 Å². The second-order valence-electron chi connectivity index (χ2n) is 3.52. The highest BCUT2D eigenvalue weighted by Crippen LogP contribution is 2.20. The molecule has 0 aliphatic carbocycles. The second-order valence-corrected chi connectivity index (χ2v) is 4.77. The molecule has 92 valence electrons. The second kappa shape index (κ2) is 5.81. The maximum atomic E-state index is 12.0. The molecule has 0 atom stereocenters. The van der Waals surface area contributed by atoms with Crippen LogP contribution in [-0.4, -0.2) is 18.0 Å². The van der Waals surface area contributed by atoms with Crippen molar-refractivity contribution < 1.29 is 9.53 Å². The number of nitrogens with one attached hydrogen (secondary N) is 1. The molecular formula is C13H11IN2O2. The predicted molar refractivity (Wildman–Crippen MR) is 77.9 cm³/mol. The summed E-state index contributed by atoms with van der Waals surface area (Å²) < 4.78 is 6.16. The first-order valence-electron chi connectivity index (χ1n) is 5.26. The smallest absolute Gasteiger partial charge is 0.255 e. The summed E-state index contributed by atoms with van der Waals surface area (Å²) in [4.78, 5) is 16.0. The van der Waals surface area contributed by atoms with Gasteiger partial charge in [0.2, 0.25) is 5.88 Å². The molecule has 2 aromatic rings. The van der Waals surface area contributed by atoms with E-state index in [1.807, 2.05) is 12.1 Å². The van der Waals surface area contributed by atoms with E-state index in [9.17, 15) is 4.79 Å². The van der Waals surface area contributed by atoms with E-state index >= 15 is 0 Å². The fourth-order valence-corrected chi connectivity index (χ4v) is 1.80. The SMILES string of the molecule is COc1ncccc1NC(=O)c1ccc(I)cc1. The number of ether oxygens (including phenoxy) is 1. The molecule has 0 aliphatic heterocycles. The number of aromatic nitrogens is 1. The van der Waals surface area contributed by atoms with Crippen molar-refractivity contribution in [1.82, 2.24) is 4.98 Å². The Hall–Kier alpha value is -1.63. The van der Waals surface area contributed by atoms with Crippen molar-refractivity contribution in [3.8, 4) is 5.88 Å². The number of nitrogens with zero attached hydrogens (tertiary/aromatic N) is 1. The first-order valence-corrected chi connectivity index (χ1v) is 6.34. The van der Waals surface area contributed by atoms with Crippen molar-refractivity contribution in [3.63, 3.8) is 0 Å². The van der Waals surface area contributed by atoms with Gasteiger partial charge in [0.15, 0.2) is 0 Å². The zero-order valence-corrected chi connectivity index (χ0v) is 11.8. The number of benzene rings is 1. The van der Waals surface area contributed by atoms with Gasteiger partial charge in [-0.1, -0.05) is 0 Å². The predicted octanol–water partition coefficient (Wildman–Crippen LogP) is 2.95. The van der Waals surface area contributed by atoms with Crippen LogP contribution in [0.15, 0.2) is 42.6 Å². The van der Waals surface area contributed by atoms with E-state index in [4.69, 9.17) is 4.74 Å². The lowest BCUT2D eigenvalue weighted by Crippen LogP contribution is -2.12. The van der Waals surface area contributed by atoms with E-state index < -0.39 is 0 Å². The maximum Gasteiger partial charge on any atom is 0.255 e. The van der Waals surface area contributed by atoms with Crippen LogP contribution in [0, 0.1) is 3.57 Å². The lowest BCUT2D eigenvalue weighted by molar-refractivity contribution is 0.102. The summed E-state index contributed by atoms with van der Waals surface area (Å²) in [5.74, 6) is 0.217. The van der Waals surface area contributed by atoms with E-state index in [0.29, 0.717) is 17.1 Å². The minimum absolute atomic E-state index is 0.183. The summed E-state index contributed by atoms with van der Waals surface area (Å²) in [5, 5.41) is 2.77. The third-order valence-corrected chi connectivity index (χ3v) is 3.04. The fraction of sp³-hybridized carbons (Fsp3) is 0.0769. The number of anilines is 1. The van der Waals surface area contributed by atoms with Crippen molar-refractivity contribution in [2.45, 2.75) is 0 Å². The van der Waals surface area contributed by atoms with Gasteiger partial charge in [-0.15, -0.1) is 0 Å². The number of methoxy groups -OCH3 is 1. The molecule has 0 saturated carbocycles. The monoisotopic (exact) mass is 354 g/mol. The Kier molecular flexibility index (Phi) is 4.14. The third kappa shape index (κ3) is 2.98. The number of hydrogen-bond donors (Lipinski definition) is 1. The van der Waals surface area contributed by atoms with Crippen molar-refractivity contribution >= 4 is 34.2 Å². The minimum atomic E-state index is -0.183. The summed E-state index contributed by atoms with van der Waals surface area (Å²) in [5.41, 5.74) is 1.16. The van der Waals surface area contributed by atoms with Gasteiger partial charge in [0.25, 0.3) is 5.91 Å². The van der Waals surface area contributed by atoms with E-state index in [2.05, 4.69) is 32.9 Å². The van der Waals surface area contributed by atoms with E-state index in [1.165, 1.54) is 7.11 Å². The van der Waals surface area contributed by atoms with E-state index in [0.717, 1.165) is 3.57 Å². The van der Waals surface area contributed by atoms with E-state index in [-0.39, 0.29) is 5.91 Å². The van der Waals surface area contributed by atoms with Crippen LogP contribution in [0.2, 0.25) is 0 Å². The van der Waals surface area contributed by atoms with Gasteiger partial charge < -0.3 is 10.1 Å². The maximum absolute atomic E-state index is 12.0. The van der Waals surface area contributed by atoms with Crippen LogP contribution >= 0.6 is 22.6 Å². The molecule has 0 aliphatic rings. The standard InChI is InChI=1S/C13H11IN2O2/c1-18-13-11(3-2-8-15-13)16-12(17)9-4-6-10(14)7-5-9/h2-8H,1H3,(H,16,17). The number of rotatable bonds is 3. The molecule has 0 saturated heterocycles. The Morgan fingerprint density at radius 2 is 2.00 bits per heavy atom. The van der Waals surface area contributed by atoms with Crippen LogP contribution in [0.5, 0.6) is 5.88 Å². The van der Waals surface area contributed by atoms with Gasteiger partial charge in [-0.25, -0.2) is 4.98 Å². The Bertz CT molecular complexity index is 555. The van der Waals surface area contributed by atoms with Gasteiger partial charge in [-0.3, -0.25) is 4.79 Å². The molecule has 1 N–H and O–H groups in total. The Morgan fingerprint density at radius 1 is 1.28 bits per heavy atom. The molecule has 1 amide bonds. The fourth-order valence-electron chi connectivity index (χ4n) is 1.44. The Balaban J connectivity index is 2.18. The van der Waals surface area contributed by atoms with E-state index in [1.54, 1.807) is 30.5 Å². The quantitative estimate of drug-likeness (QED) is 0.863. The van der Waals surface area contributed by atoms with Crippen LogP contribution in [-0.2, 0) is 0 Å². The molecule has 0 fully saturated rings. The lowest BCUT2D eigenvalue weighted by atomic mass is 10.2. The molecule has 2 rings (SSSR count). The van der Waals surface area contributed by atoms with Gasteiger partial charge in [0, 0.05) is 15.3 Å². The lowest BCUT2D eigenvalue weighted by Gasteiger charge is -2.08. The normalized spacial score (nSPS) is 9.89. The number of hydrogen-bond acceptors (Lipinski definition) is 3. The number of carbonyl (C=O) groups excluding carboxylic acids is 1. The third-order valence-electron chi connectivity index (χ3n) is 2.32. The molecule has 0 radical (unpaired) electrons. The van der Waals surface area contributed by atoms with Gasteiger partial charge in [0.1, 0.15) is 5.69 Å². The highest BCUT2D eigenvalue weighted by molar-refractivity contribution is 14.1. The van der Waals surface area contributed by atoms with Gasteiger partial charge in [-0.2, -0.15) is 0 Å². The molecule has 0 bridgehead atoms. The van der Waals surface area contributed by atoms with Crippen LogP contribution in [0.1, 0.15) is 10.4 Å². The summed E-state index contributed by atoms with van der Waals surface area (Å²) >= 11 is 2.19. The molecule has 0 unspecified atom stereocenters. The molecule has 1 aromatic heterocycles.